The molecule has 0 aliphatic carbocycles. The maximum atomic E-state index is 10.4. The van der Waals surface area contributed by atoms with Crippen molar-refractivity contribution in [3.8, 4) is 34.5 Å². The average molecular weight is 1510 g/mol. The molecule has 360 valence electrons. The zero-order chi connectivity index (χ0) is 51.3. The van der Waals surface area contributed by atoms with E-state index in [4.69, 9.17) is 46.4 Å². The predicted octanol–water partition coefficient (Wildman–Crippen LogP) is 20.2. The molecule has 0 aromatic heterocycles. The van der Waals surface area contributed by atoms with Gasteiger partial charge in [0.2, 0.25) is 0 Å². The Kier molecular flexibility index (Phi) is 19.7. The van der Waals surface area contributed by atoms with Gasteiger partial charge in [0.15, 0.2) is 11.5 Å². The van der Waals surface area contributed by atoms with E-state index in [0.29, 0.717) is 17.9 Å². The monoisotopic (exact) mass is 1500 g/mol. The zero-order valence-corrected chi connectivity index (χ0v) is 53.0. The molecule has 6 rings (SSSR count). The summed E-state index contributed by atoms with van der Waals surface area (Å²) in [4.78, 5) is 0. The van der Waals surface area contributed by atoms with Crippen LogP contribution in [-0.4, -0.2) is 30.6 Å². The fraction of sp³-hybridized carbons (Fsp3) is 0.265. The molecule has 0 saturated heterocycles. The Bertz CT molecular complexity index is 2480. The molecule has 6 nitrogen and oxygen atoms in total. The van der Waals surface area contributed by atoms with Gasteiger partial charge in [-0.25, -0.2) is 0 Å². The van der Waals surface area contributed by atoms with E-state index < -0.39 is 10.8 Å². The van der Waals surface area contributed by atoms with Gasteiger partial charge in [-0.15, -0.1) is 0 Å². The third kappa shape index (κ3) is 12.0. The maximum absolute atomic E-state index is 10.4. The topological polar surface area (TPSA) is 121 Å². The minimum Gasteiger partial charge on any atom is -0.507 e. The zero-order valence-electron chi connectivity index (χ0n) is 37.3. The number of hydrogen-bond donors (Lipinski definition) is 6. The molecule has 0 aliphatic heterocycles. The minimum absolute atomic E-state index is 0.153. The first-order valence-electron chi connectivity index (χ1n) is 19.7. The predicted molar refractivity (Wildman–Crippen MR) is 306 cm³/mol. The van der Waals surface area contributed by atoms with Gasteiger partial charge in [-0.3, -0.25) is 0 Å². The molecule has 0 amide bonds. The van der Waals surface area contributed by atoms with Crippen LogP contribution in [0.2, 0.25) is 20.1 Å². The van der Waals surface area contributed by atoms with Crippen LogP contribution in [0.25, 0.3) is 0 Å². The molecule has 18 heteroatoms. The number of rotatable bonds is 6. The summed E-state index contributed by atoms with van der Waals surface area (Å²) < 4.78 is 6.02. The van der Waals surface area contributed by atoms with Crippen LogP contribution in [0.15, 0.2) is 84.3 Å². The van der Waals surface area contributed by atoms with Crippen LogP contribution in [-0.2, 0) is 16.2 Å². The molecule has 0 aliphatic rings. The number of phenolic OH excluding ortho intramolecular Hbond substituents is 6. The van der Waals surface area contributed by atoms with Gasteiger partial charge in [0.1, 0.15) is 23.0 Å². The number of aromatic hydroxyl groups is 6. The van der Waals surface area contributed by atoms with Gasteiger partial charge >= 0.3 is 0 Å². The number of phenols is 6. The SMILES string of the molecule is CC(C)(c1cc(Br)c(O)c(Br)c1)c1cc(Br)c(O)c(Br)c1.CC(C)(c1cc(Cl)c(O)c(Cl)c1)c1cc(Cl)c(O)c(Cl)c1.Cc1c(O)c(C)c(Br)c(C(C)(C)c2c(Br)c(C)c(O)c(C)c2Br)c1Br. The summed E-state index contributed by atoms with van der Waals surface area (Å²) in [6, 6.07) is 14.1. The van der Waals surface area contributed by atoms with Crippen molar-refractivity contribution < 1.29 is 30.6 Å². The van der Waals surface area contributed by atoms with Crippen molar-refractivity contribution in [3.05, 3.63) is 160 Å². The third-order valence-electron chi connectivity index (χ3n) is 11.8. The molecule has 67 heavy (non-hydrogen) atoms. The van der Waals surface area contributed by atoms with Crippen LogP contribution >= 0.6 is 174 Å². The Morgan fingerprint density at radius 2 is 0.507 bits per heavy atom. The minimum atomic E-state index is -0.526. The average Bonchev–Trinajstić information content (AvgIpc) is 3.25. The van der Waals surface area contributed by atoms with E-state index in [1.165, 1.54) is 0 Å². The fourth-order valence-electron chi connectivity index (χ4n) is 7.18. The normalized spacial score (nSPS) is 11.8. The molecular formula is C49H44Br8Cl4O6. The maximum Gasteiger partial charge on any atom is 0.152 e. The summed E-state index contributed by atoms with van der Waals surface area (Å²) in [5.41, 5.74) is 7.71. The molecule has 0 heterocycles. The quantitative estimate of drug-likeness (QED) is 0.0988. The van der Waals surface area contributed by atoms with Gasteiger partial charge in [-0.2, -0.15) is 0 Å². The molecule has 6 aromatic carbocycles. The highest BCUT2D eigenvalue weighted by molar-refractivity contribution is 9.12. The van der Waals surface area contributed by atoms with Crippen LogP contribution in [0.1, 0.15) is 97.2 Å². The highest BCUT2D eigenvalue weighted by Gasteiger charge is 2.36. The van der Waals surface area contributed by atoms with Gasteiger partial charge in [-0.05, 0) is 173 Å². The third-order valence-corrected chi connectivity index (χ3v) is 19.4. The smallest absolute Gasteiger partial charge is 0.152 e. The van der Waals surface area contributed by atoms with Crippen molar-refractivity contribution in [2.75, 3.05) is 0 Å². The molecular weight excluding hydrogens is 1470 g/mol. The summed E-state index contributed by atoms with van der Waals surface area (Å²) in [5.74, 6) is 0.633. The first-order valence-corrected chi connectivity index (χ1v) is 27.6. The highest BCUT2D eigenvalue weighted by Crippen LogP contribution is 2.53. The molecule has 6 N–H and O–H groups in total. The Balaban J connectivity index is 0.000000221. The largest absolute Gasteiger partial charge is 0.507 e. The molecule has 0 spiro atoms. The Labute approximate surface area is 478 Å². The molecule has 0 saturated carbocycles. The van der Waals surface area contributed by atoms with Gasteiger partial charge < -0.3 is 30.6 Å². The number of hydrogen-bond acceptors (Lipinski definition) is 6. The lowest BCUT2D eigenvalue weighted by Gasteiger charge is -2.33. The van der Waals surface area contributed by atoms with Crippen LogP contribution in [0.4, 0.5) is 0 Å². The summed E-state index contributed by atoms with van der Waals surface area (Å²) >= 11 is 52.1. The summed E-state index contributed by atoms with van der Waals surface area (Å²) in [7, 11) is 0. The molecule has 0 unspecified atom stereocenters. The van der Waals surface area contributed by atoms with E-state index >= 15 is 0 Å². The number of benzene rings is 6. The van der Waals surface area contributed by atoms with Crippen molar-refractivity contribution in [1.82, 2.24) is 0 Å². The standard InChI is InChI=1S/C19H20Br4O2.C15H12Br4O2.C15H12Cl4O2/c1-7-13(20)11(14(21)8(2)17(7)24)19(5,6)12-15(22)9(3)18(25)10(4)16(12)23;2*1-15(2,7-3-9(16)13(20)10(17)4-7)8-5-11(18)14(21)12(19)6-8/h24-25H,1-6H3;2*3-6,20-21H,1-2H3. The van der Waals surface area contributed by atoms with E-state index in [2.05, 4.69) is 155 Å². The van der Waals surface area contributed by atoms with E-state index in [9.17, 15) is 30.6 Å². The molecule has 0 atom stereocenters. The molecule has 0 bridgehead atoms. The summed E-state index contributed by atoms with van der Waals surface area (Å²) in [6.07, 6.45) is 0. The van der Waals surface area contributed by atoms with E-state index in [0.717, 1.165) is 73.5 Å². The lowest BCUT2D eigenvalue weighted by Crippen LogP contribution is -2.23. The van der Waals surface area contributed by atoms with Crippen molar-refractivity contribution >= 4 is 174 Å². The second kappa shape index (κ2) is 22.5. The number of halogens is 12. The first kappa shape index (κ1) is 58.7. The Hall–Kier alpha value is -0.880. The van der Waals surface area contributed by atoms with Gasteiger partial charge in [0.05, 0.1) is 38.0 Å². The van der Waals surface area contributed by atoms with Crippen LogP contribution in [0.5, 0.6) is 34.5 Å². The lowest BCUT2D eigenvalue weighted by molar-refractivity contribution is 0.462. The van der Waals surface area contributed by atoms with Crippen molar-refractivity contribution in [2.24, 2.45) is 0 Å². The van der Waals surface area contributed by atoms with E-state index in [-0.39, 0.29) is 60.0 Å². The Morgan fingerprint density at radius 3 is 0.716 bits per heavy atom. The summed E-state index contributed by atoms with van der Waals surface area (Å²) in [6.45, 7) is 19.9. The van der Waals surface area contributed by atoms with Crippen molar-refractivity contribution in [1.29, 1.82) is 0 Å². The Morgan fingerprint density at radius 1 is 0.313 bits per heavy atom. The van der Waals surface area contributed by atoms with Gasteiger partial charge in [0, 0.05) is 56.4 Å². The molecule has 6 aromatic rings. The van der Waals surface area contributed by atoms with Gasteiger partial charge in [-0.1, -0.05) is 152 Å². The molecule has 0 radical (unpaired) electrons. The molecule has 0 fully saturated rings. The second-order valence-electron chi connectivity index (χ2n) is 17.2. The highest BCUT2D eigenvalue weighted by atomic mass is 79.9. The first-order chi connectivity index (χ1) is 30.6. The van der Waals surface area contributed by atoms with Gasteiger partial charge in [0.25, 0.3) is 0 Å². The van der Waals surface area contributed by atoms with Crippen LogP contribution < -0.4 is 0 Å². The van der Waals surface area contributed by atoms with Crippen molar-refractivity contribution in [2.45, 2.75) is 85.5 Å². The van der Waals surface area contributed by atoms with E-state index in [1.807, 2.05) is 65.8 Å². The van der Waals surface area contributed by atoms with Crippen LogP contribution in [0, 0.1) is 27.7 Å². The fourth-order valence-corrected chi connectivity index (χ4v) is 14.6. The van der Waals surface area contributed by atoms with E-state index in [1.54, 1.807) is 24.3 Å². The van der Waals surface area contributed by atoms with Crippen molar-refractivity contribution in [3.63, 3.8) is 0 Å². The van der Waals surface area contributed by atoms with Crippen LogP contribution in [0.3, 0.4) is 0 Å². The lowest BCUT2D eigenvalue weighted by atomic mass is 9.76. The second-order valence-corrected chi connectivity index (χ2v) is 25.5. The summed E-state index contributed by atoms with van der Waals surface area (Å²) in [5, 5.41) is 60.4.